The van der Waals surface area contributed by atoms with Crippen LogP contribution in [-0.2, 0) is 9.59 Å². The molecule has 0 aromatic rings. The van der Waals surface area contributed by atoms with Crippen molar-refractivity contribution >= 4 is 11.9 Å². The molecule has 6 N–H and O–H groups in total. The fourth-order valence-electron chi connectivity index (χ4n) is 1.01. The number of aliphatic carboxylic acids is 1. The minimum Gasteiger partial charge on any atom is -0.480 e. The van der Waals surface area contributed by atoms with Crippen molar-refractivity contribution in [2.24, 2.45) is 17.4 Å². The SMILES string of the molecule is CC(C)C(NCC(N)C(=O)O)C(N)=O. The molecule has 14 heavy (non-hydrogen) atoms. The Morgan fingerprint density at radius 3 is 2.21 bits per heavy atom. The van der Waals surface area contributed by atoms with E-state index in [4.69, 9.17) is 16.6 Å². The minimum absolute atomic E-state index is 0.00787. The zero-order valence-corrected chi connectivity index (χ0v) is 8.36. The van der Waals surface area contributed by atoms with Crippen LogP contribution in [0.3, 0.4) is 0 Å². The van der Waals surface area contributed by atoms with Crippen LogP contribution in [0.2, 0.25) is 0 Å². The van der Waals surface area contributed by atoms with Gasteiger partial charge < -0.3 is 21.9 Å². The van der Waals surface area contributed by atoms with Crippen molar-refractivity contribution in [3.05, 3.63) is 0 Å². The Bertz CT molecular complexity index is 218. The molecule has 0 aromatic heterocycles. The number of hydrogen-bond donors (Lipinski definition) is 4. The van der Waals surface area contributed by atoms with Gasteiger partial charge in [0.05, 0.1) is 6.04 Å². The number of rotatable bonds is 6. The van der Waals surface area contributed by atoms with Crippen LogP contribution in [0, 0.1) is 5.92 Å². The van der Waals surface area contributed by atoms with Gasteiger partial charge in [0.1, 0.15) is 6.04 Å². The van der Waals surface area contributed by atoms with Crippen molar-refractivity contribution in [1.82, 2.24) is 5.32 Å². The molecule has 0 rings (SSSR count). The second-order valence-electron chi connectivity index (χ2n) is 3.48. The van der Waals surface area contributed by atoms with Gasteiger partial charge in [0, 0.05) is 6.54 Å². The van der Waals surface area contributed by atoms with Crippen LogP contribution in [0.15, 0.2) is 0 Å². The predicted octanol–water partition coefficient (Wildman–Crippen LogP) is -1.50. The average molecular weight is 203 g/mol. The van der Waals surface area contributed by atoms with E-state index >= 15 is 0 Å². The van der Waals surface area contributed by atoms with Crippen LogP contribution >= 0.6 is 0 Å². The van der Waals surface area contributed by atoms with Crippen molar-refractivity contribution in [2.45, 2.75) is 25.9 Å². The molecule has 6 nitrogen and oxygen atoms in total. The van der Waals surface area contributed by atoms with Gasteiger partial charge in [-0.3, -0.25) is 9.59 Å². The van der Waals surface area contributed by atoms with Crippen molar-refractivity contribution in [2.75, 3.05) is 6.54 Å². The molecule has 0 fully saturated rings. The molecule has 1 amide bonds. The molecule has 0 aliphatic heterocycles. The summed E-state index contributed by atoms with van der Waals surface area (Å²) in [4.78, 5) is 21.3. The normalized spacial score (nSPS) is 15.1. The summed E-state index contributed by atoms with van der Waals surface area (Å²) in [5, 5.41) is 11.2. The fraction of sp³-hybridized carbons (Fsp3) is 0.750. The van der Waals surface area contributed by atoms with Crippen LogP contribution in [0.5, 0.6) is 0 Å². The molecule has 0 aromatic carbocycles. The maximum atomic E-state index is 10.9. The number of nitrogens with one attached hydrogen (secondary N) is 1. The highest BCUT2D eigenvalue weighted by Crippen LogP contribution is 2.00. The smallest absolute Gasteiger partial charge is 0.321 e. The molecule has 0 saturated carbocycles. The largest absolute Gasteiger partial charge is 0.480 e. The topological polar surface area (TPSA) is 118 Å². The Kier molecular flexibility index (Phi) is 5.11. The lowest BCUT2D eigenvalue weighted by Gasteiger charge is -2.19. The molecule has 2 unspecified atom stereocenters. The number of carbonyl (C=O) groups excluding carboxylic acids is 1. The molecule has 6 heteroatoms. The van der Waals surface area contributed by atoms with Crippen LogP contribution in [-0.4, -0.2) is 35.6 Å². The van der Waals surface area contributed by atoms with E-state index in [2.05, 4.69) is 5.32 Å². The minimum atomic E-state index is -1.11. The molecule has 0 saturated heterocycles. The Morgan fingerprint density at radius 1 is 1.43 bits per heavy atom. The standard InChI is InChI=1S/C8H17N3O3/c1-4(2)6(7(10)12)11-3-5(9)8(13)14/h4-6,11H,3,9H2,1-2H3,(H2,10,12)(H,13,14). The number of carboxylic acids is 1. The van der Waals surface area contributed by atoms with Crippen molar-refractivity contribution in [1.29, 1.82) is 0 Å². The van der Waals surface area contributed by atoms with Gasteiger partial charge >= 0.3 is 5.97 Å². The fourth-order valence-corrected chi connectivity index (χ4v) is 1.01. The van der Waals surface area contributed by atoms with Crippen LogP contribution < -0.4 is 16.8 Å². The summed E-state index contributed by atoms with van der Waals surface area (Å²) in [5.74, 6) is -1.60. The van der Waals surface area contributed by atoms with Crippen LogP contribution in [0.4, 0.5) is 0 Å². The van der Waals surface area contributed by atoms with Gasteiger partial charge in [-0.1, -0.05) is 13.8 Å². The van der Waals surface area contributed by atoms with Gasteiger partial charge in [-0.05, 0) is 5.92 Å². The number of carboxylic acid groups (broad SMARTS) is 1. The summed E-state index contributed by atoms with van der Waals surface area (Å²) < 4.78 is 0. The Balaban J connectivity index is 4.07. The van der Waals surface area contributed by atoms with Crippen molar-refractivity contribution in [3.8, 4) is 0 Å². The first-order chi connectivity index (χ1) is 6.36. The summed E-state index contributed by atoms with van der Waals surface area (Å²) in [5.41, 5.74) is 10.4. The van der Waals surface area contributed by atoms with Gasteiger partial charge in [-0.2, -0.15) is 0 Å². The van der Waals surface area contributed by atoms with E-state index in [1.54, 1.807) is 0 Å². The third kappa shape index (κ3) is 4.20. The van der Waals surface area contributed by atoms with E-state index in [1.807, 2.05) is 13.8 Å². The first-order valence-corrected chi connectivity index (χ1v) is 4.37. The third-order valence-electron chi connectivity index (χ3n) is 1.85. The lowest BCUT2D eigenvalue weighted by atomic mass is 10.0. The lowest BCUT2D eigenvalue weighted by molar-refractivity contribution is -0.138. The highest BCUT2D eigenvalue weighted by atomic mass is 16.4. The third-order valence-corrected chi connectivity index (χ3v) is 1.85. The number of primary amides is 1. The highest BCUT2D eigenvalue weighted by Gasteiger charge is 2.21. The highest BCUT2D eigenvalue weighted by molar-refractivity contribution is 5.80. The second kappa shape index (κ2) is 5.56. The summed E-state index contributed by atoms with van der Waals surface area (Å²) in [6, 6.07) is -1.56. The van der Waals surface area contributed by atoms with E-state index in [0.29, 0.717) is 0 Å². The van der Waals surface area contributed by atoms with E-state index in [1.165, 1.54) is 0 Å². The molecule has 0 heterocycles. The molecule has 0 aliphatic carbocycles. The molecule has 2 atom stereocenters. The van der Waals surface area contributed by atoms with Crippen LogP contribution in [0.1, 0.15) is 13.8 Å². The monoisotopic (exact) mass is 203 g/mol. The van der Waals surface area contributed by atoms with Gasteiger partial charge in [0.2, 0.25) is 5.91 Å². The van der Waals surface area contributed by atoms with Gasteiger partial charge in [-0.15, -0.1) is 0 Å². The van der Waals surface area contributed by atoms with Crippen molar-refractivity contribution < 1.29 is 14.7 Å². The average Bonchev–Trinajstić information content (AvgIpc) is 2.02. The summed E-state index contributed by atoms with van der Waals surface area (Å²) in [6.45, 7) is 3.66. The molecular weight excluding hydrogens is 186 g/mol. The number of nitrogens with two attached hydrogens (primary N) is 2. The maximum Gasteiger partial charge on any atom is 0.321 e. The molecule has 0 radical (unpaired) electrons. The Hall–Kier alpha value is -1.14. The van der Waals surface area contributed by atoms with Crippen molar-refractivity contribution in [3.63, 3.8) is 0 Å². The molecular formula is C8H17N3O3. The predicted molar refractivity (Wildman–Crippen MR) is 51.4 cm³/mol. The molecule has 0 spiro atoms. The quantitative estimate of drug-likeness (QED) is 0.419. The molecule has 82 valence electrons. The van der Waals surface area contributed by atoms with Gasteiger partial charge in [0.15, 0.2) is 0 Å². The van der Waals surface area contributed by atoms with E-state index < -0.39 is 24.0 Å². The number of hydrogen-bond acceptors (Lipinski definition) is 4. The van der Waals surface area contributed by atoms with Gasteiger partial charge in [-0.25, -0.2) is 0 Å². The second-order valence-corrected chi connectivity index (χ2v) is 3.48. The number of carbonyl (C=O) groups is 2. The van der Waals surface area contributed by atoms with Gasteiger partial charge in [0.25, 0.3) is 0 Å². The summed E-state index contributed by atoms with van der Waals surface area (Å²) >= 11 is 0. The Labute approximate surface area is 82.6 Å². The van der Waals surface area contributed by atoms with Crippen LogP contribution in [0.25, 0.3) is 0 Å². The Morgan fingerprint density at radius 2 is 1.93 bits per heavy atom. The van der Waals surface area contributed by atoms with E-state index in [9.17, 15) is 9.59 Å². The number of amides is 1. The van der Waals surface area contributed by atoms with E-state index in [0.717, 1.165) is 0 Å². The van der Waals surface area contributed by atoms with E-state index in [-0.39, 0.29) is 12.5 Å². The lowest BCUT2D eigenvalue weighted by Crippen LogP contribution is -2.50. The first-order valence-electron chi connectivity index (χ1n) is 4.37. The maximum absolute atomic E-state index is 10.9. The molecule has 0 bridgehead atoms. The summed E-state index contributed by atoms with van der Waals surface area (Å²) in [6.07, 6.45) is 0. The summed E-state index contributed by atoms with van der Waals surface area (Å²) in [7, 11) is 0. The first kappa shape index (κ1) is 12.9. The molecule has 0 aliphatic rings. The zero-order valence-electron chi connectivity index (χ0n) is 8.36. The zero-order chi connectivity index (χ0) is 11.3.